The number of benzene rings is 1. The molecule has 0 bridgehead atoms. The molecule has 1 aromatic rings. The van der Waals surface area contributed by atoms with Gasteiger partial charge in [-0.3, -0.25) is 0 Å². The van der Waals surface area contributed by atoms with Gasteiger partial charge < -0.3 is 10.0 Å². The van der Waals surface area contributed by atoms with Gasteiger partial charge >= 0.3 is 0 Å². The molecule has 2 rings (SSSR count). The van der Waals surface area contributed by atoms with Crippen LogP contribution in [0.2, 0.25) is 10.0 Å². The molecule has 112 valence electrons. The monoisotopic (exact) mass is 337 g/mol. The van der Waals surface area contributed by atoms with Crippen LogP contribution in [-0.4, -0.2) is 49.6 Å². The van der Waals surface area contributed by atoms with Crippen molar-refractivity contribution >= 4 is 33.0 Å². The van der Waals surface area contributed by atoms with Crippen molar-refractivity contribution in [2.45, 2.75) is 12.5 Å². The van der Waals surface area contributed by atoms with Crippen LogP contribution in [0.3, 0.4) is 0 Å². The maximum Gasteiger partial charge on any atom is 0.152 e. The van der Waals surface area contributed by atoms with Crippen LogP contribution >= 0.6 is 23.2 Å². The molecule has 1 N–H and O–H groups in total. The normalized spacial score (nSPS) is 20.8. The van der Waals surface area contributed by atoms with E-state index in [-0.39, 0.29) is 11.5 Å². The van der Waals surface area contributed by atoms with E-state index in [0.29, 0.717) is 41.7 Å². The average molecular weight is 338 g/mol. The number of halogens is 2. The number of nitrogens with zero attached hydrogens (tertiary/aromatic N) is 1. The Morgan fingerprint density at radius 1 is 1.25 bits per heavy atom. The quantitative estimate of drug-likeness (QED) is 0.914. The Labute approximate surface area is 129 Å². The lowest BCUT2D eigenvalue weighted by molar-refractivity contribution is 0.144. The number of aliphatic hydroxyl groups excluding tert-OH is 1. The topological polar surface area (TPSA) is 57.6 Å². The predicted octanol–water partition coefficient (Wildman–Crippen LogP) is 2.15. The molecule has 0 saturated carbocycles. The summed E-state index contributed by atoms with van der Waals surface area (Å²) in [6.45, 7) is 1.69. The van der Waals surface area contributed by atoms with Gasteiger partial charge in [-0.15, -0.1) is 0 Å². The lowest BCUT2D eigenvalue weighted by atomic mass is 10.1. The minimum absolute atomic E-state index is 0.195. The van der Waals surface area contributed by atoms with Gasteiger partial charge in [0.2, 0.25) is 0 Å². The van der Waals surface area contributed by atoms with Crippen LogP contribution in [0.25, 0.3) is 0 Å². The maximum absolute atomic E-state index is 11.3. The number of rotatable bonds is 4. The second-order valence-corrected chi connectivity index (χ2v) is 8.03. The molecule has 1 saturated heterocycles. The van der Waals surface area contributed by atoms with Crippen molar-refractivity contribution in [2.75, 3.05) is 31.1 Å². The third kappa shape index (κ3) is 4.09. The van der Waals surface area contributed by atoms with Crippen LogP contribution < -0.4 is 0 Å². The van der Waals surface area contributed by atoms with E-state index in [1.54, 1.807) is 18.2 Å². The summed E-state index contributed by atoms with van der Waals surface area (Å²) in [6, 6.07) is 5.18. The fraction of sp³-hybridized carbons (Fsp3) is 0.538. The van der Waals surface area contributed by atoms with E-state index in [4.69, 9.17) is 23.2 Å². The molecule has 1 aliphatic rings. The zero-order chi connectivity index (χ0) is 14.8. The van der Waals surface area contributed by atoms with Gasteiger partial charge in [-0.1, -0.05) is 35.3 Å². The zero-order valence-corrected chi connectivity index (χ0v) is 13.3. The van der Waals surface area contributed by atoms with Crippen molar-refractivity contribution in [2.24, 2.45) is 0 Å². The highest BCUT2D eigenvalue weighted by atomic mass is 35.5. The summed E-state index contributed by atoms with van der Waals surface area (Å²) in [5, 5.41) is 11.0. The molecule has 0 radical (unpaired) electrons. The molecule has 0 aliphatic carbocycles. The van der Waals surface area contributed by atoms with Gasteiger partial charge in [-0.05, 0) is 12.5 Å². The molecule has 1 aliphatic heterocycles. The SMILES string of the molecule is O=S1(=O)CCN(CCC(O)c2cccc(Cl)c2Cl)CC1. The summed E-state index contributed by atoms with van der Waals surface area (Å²) in [7, 11) is -2.86. The number of hydrogen-bond donors (Lipinski definition) is 1. The lowest BCUT2D eigenvalue weighted by Gasteiger charge is -2.27. The first-order valence-electron chi connectivity index (χ1n) is 6.44. The smallest absolute Gasteiger partial charge is 0.152 e. The van der Waals surface area contributed by atoms with E-state index < -0.39 is 15.9 Å². The molecule has 0 spiro atoms. The van der Waals surface area contributed by atoms with Crippen LogP contribution in [0, 0.1) is 0 Å². The van der Waals surface area contributed by atoms with Crippen molar-refractivity contribution in [3.05, 3.63) is 33.8 Å². The summed E-state index contributed by atoms with van der Waals surface area (Å²) in [4.78, 5) is 2.04. The Balaban J connectivity index is 1.90. The van der Waals surface area contributed by atoms with E-state index in [1.165, 1.54) is 0 Å². The highest BCUT2D eigenvalue weighted by Crippen LogP contribution is 2.31. The minimum atomic E-state index is -2.86. The number of aliphatic hydroxyl groups is 1. The molecule has 4 nitrogen and oxygen atoms in total. The van der Waals surface area contributed by atoms with Crippen LogP contribution in [0.15, 0.2) is 18.2 Å². The van der Waals surface area contributed by atoms with Gasteiger partial charge in [0.05, 0.1) is 27.7 Å². The highest BCUT2D eigenvalue weighted by Gasteiger charge is 2.22. The maximum atomic E-state index is 11.3. The molecule has 20 heavy (non-hydrogen) atoms. The average Bonchev–Trinajstić information content (AvgIpc) is 2.40. The van der Waals surface area contributed by atoms with Gasteiger partial charge in [0.15, 0.2) is 9.84 Å². The molecule has 1 unspecified atom stereocenters. The summed E-state index contributed by atoms with van der Waals surface area (Å²) < 4.78 is 22.7. The van der Waals surface area contributed by atoms with Gasteiger partial charge in [-0.2, -0.15) is 0 Å². The third-order valence-electron chi connectivity index (χ3n) is 3.50. The Morgan fingerprint density at radius 2 is 1.90 bits per heavy atom. The summed E-state index contributed by atoms with van der Waals surface area (Å²) in [5.41, 5.74) is 0.615. The van der Waals surface area contributed by atoms with Crippen molar-refractivity contribution in [3.63, 3.8) is 0 Å². The molecule has 0 amide bonds. The molecular weight excluding hydrogens is 321 g/mol. The van der Waals surface area contributed by atoms with Gasteiger partial charge in [0, 0.05) is 25.2 Å². The molecule has 1 heterocycles. The molecular formula is C13H17Cl2NO3S. The third-order valence-corrected chi connectivity index (χ3v) is 5.94. The first kappa shape index (κ1) is 16.0. The van der Waals surface area contributed by atoms with E-state index in [1.807, 2.05) is 4.90 Å². The Morgan fingerprint density at radius 3 is 2.55 bits per heavy atom. The second-order valence-electron chi connectivity index (χ2n) is 4.94. The fourth-order valence-electron chi connectivity index (χ4n) is 2.21. The van der Waals surface area contributed by atoms with E-state index in [0.717, 1.165) is 0 Å². The van der Waals surface area contributed by atoms with Crippen LogP contribution in [0.1, 0.15) is 18.1 Å². The summed E-state index contributed by atoms with van der Waals surface area (Å²) >= 11 is 12.0. The fourth-order valence-corrected chi connectivity index (χ4v) is 3.92. The predicted molar refractivity (Wildman–Crippen MR) is 81.1 cm³/mol. The van der Waals surface area contributed by atoms with Crippen LogP contribution in [0.5, 0.6) is 0 Å². The van der Waals surface area contributed by atoms with E-state index >= 15 is 0 Å². The Hall–Kier alpha value is -0.330. The lowest BCUT2D eigenvalue weighted by Crippen LogP contribution is -2.40. The molecule has 1 atom stereocenters. The van der Waals surface area contributed by atoms with Gasteiger partial charge in [0.1, 0.15) is 0 Å². The van der Waals surface area contributed by atoms with E-state index in [2.05, 4.69) is 0 Å². The van der Waals surface area contributed by atoms with Crippen LogP contribution in [0.4, 0.5) is 0 Å². The number of sulfone groups is 1. The van der Waals surface area contributed by atoms with Crippen molar-refractivity contribution in [1.82, 2.24) is 4.90 Å². The first-order valence-corrected chi connectivity index (χ1v) is 9.01. The summed E-state index contributed by atoms with van der Waals surface area (Å²) in [5.74, 6) is 0.391. The molecule has 1 fully saturated rings. The van der Waals surface area contributed by atoms with Gasteiger partial charge in [-0.25, -0.2) is 8.42 Å². The van der Waals surface area contributed by atoms with Crippen molar-refractivity contribution in [3.8, 4) is 0 Å². The van der Waals surface area contributed by atoms with Crippen LogP contribution in [-0.2, 0) is 9.84 Å². The molecule has 0 aromatic heterocycles. The first-order chi connectivity index (χ1) is 9.39. The van der Waals surface area contributed by atoms with Crippen molar-refractivity contribution < 1.29 is 13.5 Å². The Bertz CT molecular complexity index is 563. The molecule has 7 heteroatoms. The van der Waals surface area contributed by atoms with Gasteiger partial charge in [0.25, 0.3) is 0 Å². The zero-order valence-electron chi connectivity index (χ0n) is 10.9. The van der Waals surface area contributed by atoms with Crippen molar-refractivity contribution in [1.29, 1.82) is 0 Å². The number of hydrogen-bond acceptors (Lipinski definition) is 4. The standard InChI is InChI=1S/C13H17Cl2NO3S/c14-11-3-1-2-10(13(11)15)12(17)4-5-16-6-8-20(18,19)9-7-16/h1-3,12,17H,4-9H2. The summed E-state index contributed by atoms with van der Waals surface area (Å²) in [6.07, 6.45) is -0.195. The largest absolute Gasteiger partial charge is 0.388 e. The Kier molecular flexibility index (Phi) is 5.31. The van der Waals surface area contributed by atoms with E-state index in [9.17, 15) is 13.5 Å². The highest BCUT2D eigenvalue weighted by molar-refractivity contribution is 7.91. The second kappa shape index (κ2) is 6.62. The minimum Gasteiger partial charge on any atom is -0.388 e. The molecule has 1 aromatic carbocycles.